The van der Waals surface area contributed by atoms with E-state index in [0.717, 1.165) is 10.8 Å². The zero-order valence-corrected chi connectivity index (χ0v) is 11.1. The van der Waals surface area contributed by atoms with Crippen LogP contribution in [0.4, 0.5) is 0 Å². The normalized spacial score (nSPS) is 13.2. The van der Waals surface area contributed by atoms with Gasteiger partial charge in [-0.15, -0.1) is 0 Å². The predicted octanol–water partition coefficient (Wildman–Crippen LogP) is 0.992. The summed E-state index contributed by atoms with van der Waals surface area (Å²) in [5.74, 6) is 4.25. The average Bonchev–Trinajstić information content (AvgIpc) is 2.45. The Hall–Kier alpha value is -1.92. The molecule has 0 saturated carbocycles. The molecule has 2 aromatic carbocycles. The first-order valence-corrected chi connectivity index (χ1v) is 7.24. The molecule has 6 heteroatoms. The molecule has 0 aliphatic rings. The van der Waals surface area contributed by atoms with Crippen LogP contribution < -0.4 is 11.3 Å². The van der Waals surface area contributed by atoms with E-state index in [2.05, 4.69) is 0 Å². The fourth-order valence-corrected chi connectivity index (χ4v) is 3.11. The van der Waals surface area contributed by atoms with Crippen molar-refractivity contribution in [1.29, 1.82) is 0 Å². The van der Waals surface area contributed by atoms with Gasteiger partial charge in [0.05, 0.1) is 4.90 Å². The second-order valence-electron chi connectivity index (χ2n) is 4.20. The highest BCUT2D eigenvalue weighted by Gasteiger charge is 2.29. The Labute approximate surface area is 111 Å². The summed E-state index contributed by atoms with van der Waals surface area (Å²) in [6.07, 6.45) is 0. The maximum Gasteiger partial charge on any atom is 0.252 e. The van der Waals surface area contributed by atoms with Crippen molar-refractivity contribution in [2.45, 2.75) is 17.1 Å². The molecule has 0 aliphatic carbocycles. The maximum absolute atomic E-state index is 12.3. The van der Waals surface area contributed by atoms with E-state index in [4.69, 9.17) is 5.84 Å². The van der Waals surface area contributed by atoms with Crippen LogP contribution in [-0.2, 0) is 14.6 Å². The summed E-state index contributed by atoms with van der Waals surface area (Å²) < 4.78 is 24.5. The van der Waals surface area contributed by atoms with Gasteiger partial charge in [0.1, 0.15) is 5.25 Å². The van der Waals surface area contributed by atoms with Crippen LogP contribution in [-0.4, -0.2) is 19.6 Å². The molecule has 0 fully saturated rings. The third-order valence-corrected chi connectivity index (χ3v) is 5.08. The quantitative estimate of drug-likeness (QED) is 0.498. The molecule has 0 radical (unpaired) electrons. The molecule has 0 saturated heterocycles. The number of nitrogens with two attached hydrogens (primary N) is 1. The van der Waals surface area contributed by atoms with Crippen LogP contribution >= 0.6 is 0 Å². The van der Waals surface area contributed by atoms with Crippen molar-refractivity contribution in [2.24, 2.45) is 5.84 Å². The van der Waals surface area contributed by atoms with Crippen LogP contribution in [0.25, 0.3) is 10.8 Å². The van der Waals surface area contributed by atoms with Crippen LogP contribution in [0.2, 0.25) is 0 Å². The van der Waals surface area contributed by atoms with Gasteiger partial charge >= 0.3 is 0 Å². The molecule has 5 nitrogen and oxygen atoms in total. The highest BCUT2D eigenvalue weighted by Crippen LogP contribution is 2.22. The van der Waals surface area contributed by atoms with Crippen LogP contribution in [0, 0.1) is 0 Å². The second-order valence-corrected chi connectivity index (χ2v) is 6.47. The largest absolute Gasteiger partial charge is 0.293 e. The number of hydrogen-bond acceptors (Lipinski definition) is 4. The lowest BCUT2D eigenvalue weighted by atomic mass is 10.1. The monoisotopic (exact) mass is 278 g/mol. The summed E-state index contributed by atoms with van der Waals surface area (Å²) in [4.78, 5) is 11.5. The van der Waals surface area contributed by atoms with E-state index < -0.39 is 21.0 Å². The Bertz CT molecular complexity index is 726. The first-order valence-electron chi connectivity index (χ1n) is 5.70. The van der Waals surface area contributed by atoms with Gasteiger partial charge < -0.3 is 0 Å². The van der Waals surface area contributed by atoms with Gasteiger partial charge in [-0.1, -0.05) is 30.3 Å². The van der Waals surface area contributed by atoms with Gasteiger partial charge in [0.2, 0.25) is 0 Å². The molecule has 2 rings (SSSR count). The zero-order valence-electron chi connectivity index (χ0n) is 10.3. The smallest absolute Gasteiger partial charge is 0.252 e. The van der Waals surface area contributed by atoms with E-state index in [9.17, 15) is 13.2 Å². The lowest BCUT2D eigenvalue weighted by Crippen LogP contribution is -2.41. The minimum Gasteiger partial charge on any atom is -0.293 e. The minimum atomic E-state index is -3.73. The number of amides is 1. The molecule has 0 aromatic heterocycles. The summed E-state index contributed by atoms with van der Waals surface area (Å²) in [5.41, 5.74) is 1.86. The lowest BCUT2D eigenvalue weighted by molar-refractivity contribution is -0.120. The standard InChI is InChI=1S/C13H14N2O3S/c1-9(13(16)15-14)19(17,18)12-7-6-10-4-2-3-5-11(10)8-12/h2-9H,14H2,1H3,(H,15,16)/t9-/m1/s1. The predicted molar refractivity (Wildman–Crippen MR) is 72.9 cm³/mol. The Morgan fingerprint density at radius 3 is 2.42 bits per heavy atom. The van der Waals surface area contributed by atoms with E-state index in [1.54, 1.807) is 12.1 Å². The maximum atomic E-state index is 12.3. The number of nitrogens with one attached hydrogen (secondary N) is 1. The number of hydrazine groups is 1. The molecule has 3 N–H and O–H groups in total. The van der Waals surface area contributed by atoms with E-state index in [0.29, 0.717) is 0 Å². The number of carbonyl (C=O) groups excluding carboxylic acids is 1. The topological polar surface area (TPSA) is 89.3 Å². The van der Waals surface area contributed by atoms with Crippen molar-refractivity contribution >= 4 is 26.5 Å². The van der Waals surface area contributed by atoms with Gasteiger partial charge in [0, 0.05) is 0 Å². The van der Waals surface area contributed by atoms with Gasteiger partial charge in [-0.25, -0.2) is 14.3 Å². The van der Waals surface area contributed by atoms with Crippen molar-refractivity contribution in [3.8, 4) is 0 Å². The van der Waals surface area contributed by atoms with E-state index >= 15 is 0 Å². The molecule has 0 aliphatic heterocycles. The zero-order chi connectivity index (χ0) is 14.0. The molecular formula is C13H14N2O3S. The van der Waals surface area contributed by atoms with Gasteiger partial charge in [-0.05, 0) is 29.8 Å². The molecule has 100 valence electrons. The third-order valence-electron chi connectivity index (χ3n) is 3.03. The molecule has 2 aromatic rings. The number of sulfone groups is 1. The summed E-state index contributed by atoms with van der Waals surface area (Å²) in [6.45, 7) is 1.31. The number of benzene rings is 2. The molecule has 1 atom stereocenters. The Morgan fingerprint density at radius 2 is 1.79 bits per heavy atom. The molecular weight excluding hydrogens is 264 g/mol. The van der Waals surface area contributed by atoms with E-state index in [1.165, 1.54) is 13.0 Å². The van der Waals surface area contributed by atoms with Gasteiger partial charge in [0.25, 0.3) is 5.91 Å². The fraction of sp³-hybridized carbons (Fsp3) is 0.154. The fourth-order valence-electron chi connectivity index (χ4n) is 1.81. The highest BCUT2D eigenvalue weighted by atomic mass is 32.2. The number of fused-ring (bicyclic) bond motifs is 1. The SMILES string of the molecule is C[C@H](C(=O)NN)S(=O)(=O)c1ccc2ccccc2c1. The Kier molecular flexibility index (Phi) is 3.55. The molecule has 19 heavy (non-hydrogen) atoms. The van der Waals surface area contributed by atoms with E-state index in [1.807, 2.05) is 29.7 Å². The van der Waals surface area contributed by atoms with Crippen molar-refractivity contribution in [3.05, 3.63) is 42.5 Å². The highest BCUT2D eigenvalue weighted by molar-refractivity contribution is 7.92. The summed E-state index contributed by atoms with van der Waals surface area (Å²) in [6, 6.07) is 12.2. The van der Waals surface area contributed by atoms with Crippen LogP contribution in [0.3, 0.4) is 0 Å². The van der Waals surface area contributed by atoms with E-state index in [-0.39, 0.29) is 4.90 Å². The lowest BCUT2D eigenvalue weighted by Gasteiger charge is -2.11. The third kappa shape index (κ3) is 2.45. The van der Waals surface area contributed by atoms with Crippen molar-refractivity contribution in [3.63, 3.8) is 0 Å². The summed E-state index contributed by atoms with van der Waals surface area (Å²) in [7, 11) is -3.73. The van der Waals surface area contributed by atoms with Crippen LogP contribution in [0.15, 0.2) is 47.4 Å². The first-order chi connectivity index (χ1) is 8.96. The molecule has 0 unspecified atom stereocenters. The van der Waals surface area contributed by atoms with Crippen molar-refractivity contribution in [2.75, 3.05) is 0 Å². The summed E-state index contributed by atoms with van der Waals surface area (Å²) >= 11 is 0. The van der Waals surface area contributed by atoms with Crippen LogP contribution in [0.1, 0.15) is 6.92 Å². The first kappa shape index (κ1) is 13.5. The molecule has 0 bridgehead atoms. The number of rotatable bonds is 3. The van der Waals surface area contributed by atoms with Crippen molar-refractivity contribution < 1.29 is 13.2 Å². The second kappa shape index (κ2) is 4.99. The molecule has 0 spiro atoms. The molecule has 1 amide bonds. The van der Waals surface area contributed by atoms with Gasteiger partial charge in [-0.3, -0.25) is 10.2 Å². The van der Waals surface area contributed by atoms with Gasteiger partial charge in [0.15, 0.2) is 9.84 Å². The number of hydrogen-bond donors (Lipinski definition) is 2. The van der Waals surface area contributed by atoms with Crippen molar-refractivity contribution in [1.82, 2.24) is 5.43 Å². The Balaban J connectivity index is 2.52. The van der Waals surface area contributed by atoms with Gasteiger partial charge in [-0.2, -0.15) is 0 Å². The average molecular weight is 278 g/mol. The summed E-state index contributed by atoms with van der Waals surface area (Å²) in [5, 5.41) is 0.528. The number of carbonyl (C=O) groups is 1. The Morgan fingerprint density at radius 1 is 1.16 bits per heavy atom. The molecule has 0 heterocycles. The minimum absolute atomic E-state index is 0.113. The van der Waals surface area contributed by atoms with Crippen LogP contribution in [0.5, 0.6) is 0 Å².